The van der Waals surface area contributed by atoms with Crippen molar-refractivity contribution in [2.45, 2.75) is 0 Å². The van der Waals surface area contributed by atoms with Crippen molar-refractivity contribution in [3.05, 3.63) is 41.1 Å². The smallest absolute Gasteiger partial charge is 0.338 e. The molecule has 106 valence electrons. The Bertz CT molecular complexity index is 781. The predicted molar refractivity (Wildman–Crippen MR) is 77.3 cm³/mol. The first kappa shape index (κ1) is 14.3. The van der Waals surface area contributed by atoms with E-state index in [1.54, 1.807) is 24.4 Å². The van der Waals surface area contributed by atoms with E-state index in [0.29, 0.717) is 16.5 Å². The molecular formula is C15H13N3O3. The van der Waals surface area contributed by atoms with Gasteiger partial charge >= 0.3 is 5.97 Å². The van der Waals surface area contributed by atoms with Crippen molar-refractivity contribution in [1.29, 1.82) is 5.26 Å². The summed E-state index contributed by atoms with van der Waals surface area (Å²) in [6, 6.07) is 6.99. The highest BCUT2D eigenvalue weighted by molar-refractivity contribution is 6.09. The van der Waals surface area contributed by atoms with Crippen molar-refractivity contribution < 1.29 is 14.3 Å². The van der Waals surface area contributed by atoms with Gasteiger partial charge < -0.3 is 15.0 Å². The number of ether oxygens (including phenoxy) is 1. The Kier molecular flexibility index (Phi) is 4.05. The normalized spacial score (nSPS) is 11.0. The number of fused-ring (bicyclic) bond motifs is 1. The van der Waals surface area contributed by atoms with Crippen LogP contribution in [0.4, 0.5) is 0 Å². The molecule has 2 rings (SSSR count). The van der Waals surface area contributed by atoms with Crippen molar-refractivity contribution in [2.24, 2.45) is 0 Å². The van der Waals surface area contributed by atoms with E-state index < -0.39 is 11.9 Å². The number of nitrogens with one attached hydrogen (secondary N) is 2. The minimum absolute atomic E-state index is 0.0435. The highest BCUT2D eigenvalue weighted by atomic mass is 16.5. The largest absolute Gasteiger partial charge is 0.465 e. The van der Waals surface area contributed by atoms with Crippen molar-refractivity contribution in [3.8, 4) is 6.07 Å². The van der Waals surface area contributed by atoms with Crippen LogP contribution in [0.5, 0.6) is 0 Å². The van der Waals surface area contributed by atoms with Crippen LogP contribution in [0.1, 0.15) is 15.9 Å². The Hall–Kier alpha value is -3.07. The number of nitrogens with zero attached hydrogens (tertiary/aromatic N) is 1. The molecule has 1 aromatic carbocycles. The lowest BCUT2D eigenvalue weighted by Crippen LogP contribution is -2.19. The summed E-state index contributed by atoms with van der Waals surface area (Å²) in [6.07, 6.45) is 3.07. The maximum atomic E-state index is 11.8. The Morgan fingerprint density at radius 2 is 2.19 bits per heavy atom. The van der Waals surface area contributed by atoms with Gasteiger partial charge in [-0.2, -0.15) is 5.26 Å². The van der Waals surface area contributed by atoms with Crippen LogP contribution in [-0.2, 0) is 9.53 Å². The number of carbonyl (C=O) groups is 2. The molecule has 1 heterocycles. The van der Waals surface area contributed by atoms with Gasteiger partial charge in [0, 0.05) is 29.7 Å². The van der Waals surface area contributed by atoms with Gasteiger partial charge in [0.1, 0.15) is 11.6 Å². The zero-order valence-electron chi connectivity index (χ0n) is 11.6. The van der Waals surface area contributed by atoms with Gasteiger partial charge in [-0.1, -0.05) is 6.07 Å². The first-order valence-electron chi connectivity index (χ1n) is 6.14. The average molecular weight is 283 g/mol. The predicted octanol–water partition coefficient (Wildman–Crippen LogP) is 1.61. The highest BCUT2D eigenvalue weighted by Gasteiger charge is 2.15. The Balaban J connectivity index is 2.66. The van der Waals surface area contributed by atoms with E-state index in [9.17, 15) is 9.59 Å². The van der Waals surface area contributed by atoms with E-state index >= 15 is 0 Å². The number of carbonyl (C=O) groups excluding carboxylic acids is 2. The summed E-state index contributed by atoms with van der Waals surface area (Å²) in [5.41, 5.74) is 1.62. The molecule has 0 fully saturated rings. The summed E-state index contributed by atoms with van der Waals surface area (Å²) >= 11 is 0. The molecule has 0 atom stereocenters. The van der Waals surface area contributed by atoms with Crippen LogP contribution in [-0.4, -0.2) is 31.0 Å². The third kappa shape index (κ3) is 2.62. The lowest BCUT2D eigenvalue weighted by molar-refractivity contribution is -0.116. The number of aromatic nitrogens is 1. The van der Waals surface area contributed by atoms with Crippen LogP contribution >= 0.6 is 0 Å². The lowest BCUT2D eigenvalue weighted by Gasteiger charge is -2.03. The topological polar surface area (TPSA) is 95.0 Å². The molecule has 0 aliphatic rings. The molecule has 0 saturated heterocycles. The Morgan fingerprint density at radius 3 is 2.81 bits per heavy atom. The molecule has 0 bridgehead atoms. The molecule has 2 aromatic rings. The minimum Gasteiger partial charge on any atom is -0.465 e. The Morgan fingerprint density at radius 1 is 1.43 bits per heavy atom. The van der Waals surface area contributed by atoms with E-state index in [-0.39, 0.29) is 5.57 Å². The number of hydrogen-bond acceptors (Lipinski definition) is 4. The Labute approximate surface area is 121 Å². The third-order valence-corrected chi connectivity index (χ3v) is 3.03. The number of amides is 1. The summed E-state index contributed by atoms with van der Waals surface area (Å²) in [7, 11) is 2.75. The van der Waals surface area contributed by atoms with E-state index in [1.165, 1.54) is 20.2 Å². The third-order valence-electron chi connectivity index (χ3n) is 3.03. The second kappa shape index (κ2) is 5.92. The molecule has 0 unspecified atom stereocenters. The summed E-state index contributed by atoms with van der Waals surface area (Å²) in [6.45, 7) is 0. The number of benzene rings is 1. The number of nitriles is 1. The van der Waals surface area contributed by atoms with E-state index in [4.69, 9.17) is 10.00 Å². The second-order valence-corrected chi connectivity index (χ2v) is 4.21. The second-order valence-electron chi connectivity index (χ2n) is 4.21. The van der Waals surface area contributed by atoms with E-state index in [2.05, 4.69) is 10.3 Å². The summed E-state index contributed by atoms with van der Waals surface area (Å²) in [5.74, 6) is -0.962. The molecular weight excluding hydrogens is 270 g/mol. The van der Waals surface area contributed by atoms with Gasteiger partial charge in [0.2, 0.25) is 0 Å². The molecule has 0 spiro atoms. The average Bonchev–Trinajstić information content (AvgIpc) is 2.94. The fourth-order valence-corrected chi connectivity index (χ4v) is 2.04. The first-order chi connectivity index (χ1) is 10.1. The lowest BCUT2D eigenvalue weighted by atomic mass is 10.0. The van der Waals surface area contributed by atoms with Crippen molar-refractivity contribution in [1.82, 2.24) is 10.3 Å². The van der Waals surface area contributed by atoms with Gasteiger partial charge in [-0.15, -0.1) is 0 Å². The molecule has 0 saturated carbocycles. The molecule has 0 aliphatic carbocycles. The quantitative estimate of drug-likeness (QED) is 0.508. The number of hydrogen-bond donors (Lipinski definition) is 2. The van der Waals surface area contributed by atoms with Gasteiger partial charge in [0.15, 0.2) is 0 Å². The number of aromatic amines is 1. The highest BCUT2D eigenvalue weighted by Crippen LogP contribution is 2.25. The zero-order chi connectivity index (χ0) is 15.4. The monoisotopic (exact) mass is 283 g/mol. The number of rotatable bonds is 3. The number of likely N-dealkylation sites (N-methyl/N-ethyl adjacent to an activating group) is 1. The van der Waals surface area contributed by atoms with Gasteiger partial charge in [0.05, 0.1) is 12.7 Å². The summed E-state index contributed by atoms with van der Waals surface area (Å²) in [5, 5.41) is 12.0. The maximum absolute atomic E-state index is 11.8. The van der Waals surface area contributed by atoms with Gasteiger partial charge in [-0.3, -0.25) is 4.79 Å². The molecule has 0 radical (unpaired) electrons. The molecule has 6 nitrogen and oxygen atoms in total. The molecule has 6 heteroatoms. The van der Waals surface area contributed by atoms with E-state index in [1.807, 2.05) is 6.07 Å². The van der Waals surface area contributed by atoms with Crippen LogP contribution in [0.25, 0.3) is 17.0 Å². The van der Waals surface area contributed by atoms with Crippen LogP contribution in [0.3, 0.4) is 0 Å². The SMILES string of the molecule is CNC(=O)/C(C#N)=C/c1c[nH]c2cccc(C(=O)OC)c12. The maximum Gasteiger partial charge on any atom is 0.338 e. The first-order valence-corrected chi connectivity index (χ1v) is 6.14. The van der Waals surface area contributed by atoms with Gasteiger partial charge in [-0.25, -0.2) is 4.79 Å². The van der Waals surface area contributed by atoms with Crippen LogP contribution < -0.4 is 5.32 Å². The van der Waals surface area contributed by atoms with Crippen LogP contribution in [0.15, 0.2) is 30.0 Å². The van der Waals surface area contributed by atoms with Crippen molar-refractivity contribution in [2.75, 3.05) is 14.2 Å². The molecule has 1 aromatic heterocycles. The van der Waals surface area contributed by atoms with Crippen molar-refractivity contribution in [3.63, 3.8) is 0 Å². The molecule has 21 heavy (non-hydrogen) atoms. The number of methoxy groups -OCH3 is 1. The minimum atomic E-state index is -0.484. The summed E-state index contributed by atoms with van der Waals surface area (Å²) < 4.78 is 4.75. The fraction of sp³-hybridized carbons (Fsp3) is 0.133. The number of esters is 1. The zero-order valence-corrected chi connectivity index (χ0v) is 11.6. The van der Waals surface area contributed by atoms with Gasteiger partial charge in [-0.05, 0) is 18.2 Å². The van der Waals surface area contributed by atoms with Gasteiger partial charge in [0.25, 0.3) is 5.91 Å². The molecule has 2 N–H and O–H groups in total. The van der Waals surface area contributed by atoms with Crippen LogP contribution in [0.2, 0.25) is 0 Å². The summed E-state index contributed by atoms with van der Waals surface area (Å²) in [4.78, 5) is 26.4. The standard InChI is InChI=1S/C15H13N3O3/c1-17-14(19)9(7-16)6-10-8-18-12-5-3-4-11(13(10)12)15(20)21-2/h3-6,8,18H,1-2H3,(H,17,19)/b9-6+. The van der Waals surface area contributed by atoms with Crippen LogP contribution in [0, 0.1) is 11.3 Å². The number of H-pyrrole nitrogens is 1. The molecule has 0 aliphatic heterocycles. The van der Waals surface area contributed by atoms with Crippen molar-refractivity contribution >= 4 is 28.9 Å². The fourth-order valence-electron chi connectivity index (χ4n) is 2.04. The molecule has 1 amide bonds. The van der Waals surface area contributed by atoms with E-state index in [0.717, 1.165) is 5.52 Å².